The van der Waals surface area contributed by atoms with E-state index < -0.39 is 0 Å². The van der Waals surface area contributed by atoms with Gasteiger partial charge in [0.05, 0.1) is 10.8 Å². The molecule has 0 unspecified atom stereocenters. The lowest BCUT2D eigenvalue weighted by Gasteiger charge is -2.30. The number of nitrogens with zero attached hydrogens (tertiary/aromatic N) is 1. The number of rotatable bonds is 4. The Morgan fingerprint density at radius 2 is 1.57 bits per heavy atom. The molecule has 0 spiro atoms. The molecule has 1 aromatic heterocycles. The molecule has 0 fully saturated rings. The molecule has 4 nitrogen and oxygen atoms in total. The maximum absolute atomic E-state index is 12.6. The van der Waals surface area contributed by atoms with Gasteiger partial charge in [-0.05, 0) is 71.7 Å². The van der Waals surface area contributed by atoms with Crippen LogP contribution in [0.5, 0.6) is 0 Å². The van der Waals surface area contributed by atoms with Gasteiger partial charge in [0.2, 0.25) is 0 Å². The summed E-state index contributed by atoms with van der Waals surface area (Å²) in [5.41, 5.74) is 4.53. The molecule has 2 N–H and O–H groups in total. The van der Waals surface area contributed by atoms with Crippen LogP contribution in [0.3, 0.4) is 0 Å². The van der Waals surface area contributed by atoms with Crippen molar-refractivity contribution in [1.29, 1.82) is 5.26 Å². The van der Waals surface area contributed by atoms with Crippen LogP contribution in [0.1, 0.15) is 48.0 Å². The molecule has 1 aliphatic heterocycles. The lowest BCUT2D eigenvalue weighted by Crippen LogP contribution is -2.34. The monoisotopic (exact) mass is 667 g/mol. The standard InChI is InChI=1S/C28H19Br2N3OS3/c29-19-10-6-16(7-11-19)23-14-21-22(15-31)27(33-28(35)32-26(34)18-4-2-1-3-5-18)37-25(21)24(36-23)17-8-12-20(30)13-9-17/h1-13,23-24H,14H2,(H2,32,33,34,35)/t23-,24+/m1/s1. The quantitative estimate of drug-likeness (QED) is 0.214. The average Bonchev–Trinajstić information content (AvgIpc) is 3.26. The third-order valence-corrected chi connectivity index (χ3v) is 10.2. The van der Waals surface area contributed by atoms with Gasteiger partial charge in [-0.1, -0.05) is 74.3 Å². The highest BCUT2D eigenvalue weighted by Gasteiger charge is 2.35. The summed E-state index contributed by atoms with van der Waals surface area (Å²) in [7, 11) is 0. The van der Waals surface area contributed by atoms with Crippen molar-refractivity contribution in [3.8, 4) is 6.07 Å². The molecule has 37 heavy (non-hydrogen) atoms. The number of hydrogen-bond donors (Lipinski definition) is 2. The molecule has 0 bridgehead atoms. The molecule has 2 heterocycles. The van der Waals surface area contributed by atoms with E-state index in [-0.39, 0.29) is 21.5 Å². The molecule has 0 aliphatic carbocycles. The van der Waals surface area contributed by atoms with E-state index in [2.05, 4.69) is 85.0 Å². The van der Waals surface area contributed by atoms with Gasteiger partial charge in [-0.3, -0.25) is 10.1 Å². The Balaban J connectivity index is 1.48. The Hall–Kier alpha value is -2.48. The average molecular weight is 669 g/mol. The second kappa shape index (κ2) is 11.5. The largest absolute Gasteiger partial charge is 0.323 e. The normalized spacial score (nSPS) is 16.4. The molecule has 9 heteroatoms. The Morgan fingerprint density at radius 1 is 0.946 bits per heavy atom. The molecule has 3 aromatic carbocycles. The summed E-state index contributed by atoms with van der Waals surface area (Å²) in [6, 6.07) is 28.0. The summed E-state index contributed by atoms with van der Waals surface area (Å²) in [4.78, 5) is 13.7. The summed E-state index contributed by atoms with van der Waals surface area (Å²) in [6.45, 7) is 0. The van der Waals surface area contributed by atoms with Crippen molar-refractivity contribution in [2.45, 2.75) is 16.9 Å². The van der Waals surface area contributed by atoms with Gasteiger partial charge in [-0.2, -0.15) is 5.26 Å². The SMILES string of the molecule is N#Cc1c(NC(=S)NC(=O)c2ccccc2)sc2c1C[C@H](c1ccc(Br)cc1)S[C@H]2c1ccc(Br)cc1. The van der Waals surface area contributed by atoms with Crippen molar-refractivity contribution in [3.63, 3.8) is 0 Å². The van der Waals surface area contributed by atoms with Crippen molar-refractivity contribution >= 4 is 83.2 Å². The van der Waals surface area contributed by atoms with Crippen LogP contribution in [0, 0.1) is 11.3 Å². The van der Waals surface area contributed by atoms with Crippen LogP contribution in [0.15, 0.2) is 87.8 Å². The Morgan fingerprint density at radius 3 is 2.19 bits per heavy atom. The molecule has 1 amide bonds. The molecule has 184 valence electrons. The van der Waals surface area contributed by atoms with Gasteiger partial charge in [-0.15, -0.1) is 23.1 Å². The number of thiophene rings is 1. The first-order chi connectivity index (χ1) is 17.9. The minimum Gasteiger partial charge on any atom is -0.323 e. The maximum Gasteiger partial charge on any atom is 0.257 e. The van der Waals surface area contributed by atoms with Crippen LogP contribution in [0.4, 0.5) is 5.00 Å². The Bertz CT molecular complexity index is 1500. The van der Waals surface area contributed by atoms with Gasteiger partial charge in [0, 0.05) is 24.6 Å². The van der Waals surface area contributed by atoms with E-state index in [4.69, 9.17) is 12.2 Å². The number of nitrogens with one attached hydrogen (secondary N) is 2. The third kappa shape index (κ3) is 5.84. The van der Waals surface area contributed by atoms with Gasteiger partial charge >= 0.3 is 0 Å². The molecular weight excluding hydrogens is 650 g/mol. The van der Waals surface area contributed by atoms with Crippen molar-refractivity contribution in [2.75, 3.05) is 5.32 Å². The summed E-state index contributed by atoms with van der Waals surface area (Å²) in [6.07, 6.45) is 0.735. The molecule has 5 rings (SSSR count). The highest BCUT2D eigenvalue weighted by molar-refractivity contribution is 9.10. The molecule has 0 radical (unpaired) electrons. The predicted octanol–water partition coefficient (Wildman–Crippen LogP) is 8.39. The van der Waals surface area contributed by atoms with Gasteiger partial charge in [0.15, 0.2) is 5.11 Å². The first-order valence-corrected chi connectivity index (χ1v) is 15.1. The van der Waals surface area contributed by atoms with Crippen LogP contribution in [-0.4, -0.2) is 11.0 Å². The summed E-state index contributed by atoms with van der Waals surface area (Å²) in [5.74, 6) is -0.295. The van der Waals surface area contributed by atoms with Crippen LogP contribution in [-0.2, 0) is 6.42 Å². The number of nitriles is 1. The Labute approximate surface area is 245 Å². The molecular formula is C28H19Br2N3OS3. The molecule has 4 aromatic rings. The van der Waals surface area contributed by atoms with Crippen LogP contribution < -0.4 is 10.6 Å². The van der Waals surface area contributed by atoms with Crippen LogP contribution >= 0.6 is 67.2 Å². The van der Waals surface area contributed by atoms with E-state index in [0.29, 0.717) is 16.1 Å². The third-order valence-electron chi connectivity index (χ3n) is 5.98. The summed E-state index contributed by atoms with van der Waals surface area (Å²) < 4.78 is 2.06. The number of thiocarbonyl (C=S) groups is 1. The minimum atomic E-state index is -0.295. The van der Waals surface area contributed by atoms with E-state index >= 15 is 0 Å². The Kier molecular flexibility index (Phi) is 8.12. The number of carbonyl (C=O) groups excluding carboxylic acids is 1. The smallest absolute Gasteiger partial charge is 0.257 e. The summed E-state index contributed by atoms with van der Waals surface area (Å²) >= 11 is 15.9. The number of amides is 1. The number of thioether (sulfide) groups is 1. The van der Waals surface area contributed by atoms with Crippen molar-refractivity contribution < 1.29 is 4.79 Å². The topological polar surface area (TPSA) is 64.9 Å². The molecule has 1 aliphatic rings. The highest BCUT2D eigenvalue weighted by atomic mass is 79.9. The van der Waals surface area contributed by atoms with E-state index in [0.717, 1.165) is 25.8 Å². The first kappa shape index (κ1) is 26.1. The maximum atomic E-state index is 12.6. The fourth-order valence-corrected chi connectivity index (χ4v) is 7.98. The zero-order valence-electron chi connectivity index (χ0n) is 19.2. The second-order valence-electron chi connectivity index (χ2n) is 8.35. The van der Waals surface area contributed by atoms with Crippen molar-refractivity contribution in [2.24, 2.45) is 0 Å². The lowest BCUT2D eigenvalue weighted by atomic mass is 9.97. The van der Waals surface area contributed by atoms with E-state index in [1.54, 1.807) is 24.3 Å². The predicted molar refractivity (Wildman–Crippen MR) is 163 cm³/mol. The molecule has 0 saturated carbocycles. The van der Waals surface area contributed by atoms with Crippen LogP contribution in [0.2, 0.25) is 0 Å². The fraction of sp³-hybridized carbons (Fsp3) is 0.107. The number of fused-ring (bicyclic) bond motifs is 1. The van der Waals surface area contributed by atoms with Gasteiger partial charge < -0.3 is 5.32 Å². The highest BCUT2D eigenvalue weighted by Crippen LogP contribution is 2.56. The van der Waals surface area contributed by atoms with Gasteiger partial charge in [0.1, 0.15) is 11.1 Å². The zero-order chi connectivity index (χ0) is 25.9. The minimum absolute atomic E-state index is 0.0608. The van der Waals surface area contributed by atoms with Crippen molar-refractivity contribution in [3.05, 3.63) is 121 Å². The number of anilines is 1. The second-order valence-corrected chi connectivity index (χ2v) is 13.0. The molecule has 2 atom stereocenters. The number of carbonyl (C=O) groups is 1. The van der Waals surface area contributed by atoms with E-state index in [1.807, 2.05) is 30.0 Å². The first-order valence-electron chi connectivity index (χ1n) is 11.3. The van der Waals surface area contributed by atoms with Gasteiger partial charge in [-0.25, -0.2) is 0 Å². The number of hydrogen-bond acceptors (Lipinski definition) is 5. The fourth-order valence-electron chi connectivity index (χ4n) is 4.20. The van der Waals surface area contributed by atoms with Crippen LogP contribution in [0.25, 0.3) is 0 Å². The number of benzene rings is 3. The van der Waals surface area contributed by atoms with Crippen molar-refractivity contribution in [1.82, 2.24) is 5.32 Å². The zero-order valence-corrected chi connectivity index (χ0v) is 24.8. The lowest BCUT2D eigenvalue weighted by molar-refractivity contribution is 0.0977. The van der Waals surface area contributed by atoms with E-state index in [9.17, 15) is 10.1 Å². The van der Waals surface area contributed by atoms with E-state index in [1.165, 1.54) is 22.5 Å². The number of halogens is 2. The van der Waals surface area contributed by atoms with Gasteiger partial charge in [0.25, 0.3) is 5.91 Å². The molecule has 0 saturated heterocycles. The summed E-state index contributed by atoms with van der Waals surface area (Å²) in [5, 5.41) is 17.1.